The highest BCUT2D eigenvalue weighted by Gasteiger charge is 2.59. The lowest BCUT2D eigenvalue weighted by atomic mass is 9.86. The van der Waals surface area contributed by atoms with Crippen LogP contribution in [0.3, 0.4) is 0 Å². The Kier molecular flexibility index (Phi) is 7.45. The number of ether oxygens (including phenoxy) is 1. The second-order valence-corrected chi connectivity index (χ2v) is 10.5. The predicted molar refractivity (Wildman–Crippen MR) is 150 cm³/mol. The lowest BCUT2D eigenvalue weighted by Crippen LogP contribution is -2.37. The maximum Gasteiger partial charge on any atom is 0.407 e. The van der Waals surface area contributed by atoms with E-state index in [-0.39, 0.29) is 35.8 Å². The van der Waals surface area contributed by atoms with Crippen LogP contribution in [0.4, 0.5) is 4.79 Å². The van der Waals surface area contributed by atoms with Crippen LogP contribution >= 0.6 is 0 Å². The second-order valence-electron chi connectivity index (χ2n) is 10.5. The van der Waals surface area contributed by atoms with Gasteiger partial charge in [-0.05, 0) is 45.2 Å². The maximum absolute atomic E-state index is 13.2. The number of amides is 2. The van der Waals surface area contributed by atoms with Gasteiger partial charge in [-0.25, -0.2) is 4.79 Å². The highest BCUT2D eigenvalue weighted by atomic mass is 16.5. The fraction of sp³-hybridized carbons (Fsp3) is 0.273. The molecule has 2 amide bonds. The monoisotopic (exact) mass is 506 g/mol. The number of carbonyl (C=O) groups excluding carboxylic acids is 2. The van der Waals surface area contributed by atoms with E-state index in [1.54, 1.807) is 0 Å². The average molecular weight is 507 g/mol. The van der Waals surface area contributed by atoms with Gasteiger partial charge >= 0.3 is 6.09 Å². The number of nitrogens with one attached hydrogen (secondary N) is 2. The van der Waals surface area contributed by atoms with Crippen LogP contribution in [0.1, 0.15) is 43.0 Å². The number of carbonyl (C=O) groups is 2. The SMILES string of the molecule is C[C@@H](C(=O)NCc1cccc2ccccc12)[C@H]1C[C@]1(C)[C@H](NC(=O)OCc1ccccc1)c1ccccc1. The predicted octanol–water partition coefficient (Wildman–Crippen LogP) is 6.79. The molecule has 0 saturated heterocycles. The molecule has 0 heterocycles. The van der Waals surface area contributed by atoms with E-state index in [2.05, 4.69) is 41.8 Å². The summed E-state index contributed by atoms with van der Waals surface area (Å²) in [6.07, 6.45) is 0.386. The van der Waals surface area contributed by atoms with Crippen molar-refractivity contribution in [3.8, 4) is 0 Å². The van der Waals surface area contributed by atoms with Gasteiger partial charge < -0.3 is 15.4 Å². The van der Waals surface area contributed by atoms with E-state index in [0.29, 0.717) is 6.54 Å². The molecule has 38 heavy (non-hydrogen) atoms. The third kappa shape index (κ3) is 5.57. The molecule has 5 nitrogen and oxygen atoms in total. The summed E-state index contributed by atoms with van der Waals surface area (Å²) in [5, 5.41) is 8.59. The van der Waals surface area contributed by atoms with E-state index in [9.17, 15) is 9.59 Å². The minimum absolute atomic E-state index is 0.0325. The Morgan fingerprint density at radius 1 is 0.895 bits per heavy atom. The van der Waals surface area contributed by atoms with E-state index in [4.69, 9.17) is 4.74 Å². The fourth-order valence-electron chi connectivity index (χ4n) is 5.62. The molecule has 0 unspecified atom stereocenters. The second kappa shape index (κ2) is 11.1. The van der Waals surface area contributed by atoms with Crippen LogP contribution in [0.2, 0.25) is 0 Å². The Morgan fingerprint density at radius 2 is 1.55 bits per heavy atom. The van der Waals surface area contributed by atoms with Crippen molar-refractivity contribution in [1.29, 1.82) is 0 Å². The highest BCUT2D eigenvalue weighted by Crippen LogP contribution is 2.63. The normalized spacial score (nSPS) is 19.8. The molecule has 1 aliphatic rings. The molecule has 0 radical (unpaired) electrons. The van der Waals surface area contributed by atoms with E-state index >= 15 is 0 Å². The molecule has 4 aromatic rings. The lowest BCUT2D eigenvalue weighted by molar-refractivity contribution is -0.125. The molecule has 194 valence electrons. The molecule has 5 rings (SSSR count). The molecule has 1 fully saturated rings. The number of benzene rings is 4. The van der Waals surface area contributed by atoms with Gasteiger partial charge in [0.05, 0.1) is 6.04 Å². The Hall–Kier alpha value is -4.12. The van der Waals surface area contributed by atoms with Gasteiger partial charge in [0.1, 0.15) is 6.61 Å². The van der Waals surface area contributed by atoms with Gasteiger partial charge in [0.2, 0.25) is 5.91 Å². The van der Waals surface area contributed by atoms with Crippen molar-refractivity contribution in [2.75, 3.05) is 0 Å². The van der Waals surface area contributed by atoms with Gasteiger partial charge in [0, 0.05) is 12.5 Å². The summed E-state index contributed by atoms with van der Waals surface area (Å²) in [5.41, 5.74) is 2.79. The third-order valence-electron chi connectivity index (χ3n) is 7.96. The summed E-state index contributed by atoms with van der Waals surface area (Å²) in [5.74, 6) is -0.0249. The maximum atomic E-state index is 13.2. The van der Waals surface area contributed by atoms with Crippen molar-refractivity contribution in [2.45, 2.75) is 39.5 Å². The van der Waals surface area contributed by atoms with Crippen molar-refractivity contribution in [1.82, 2.24) is 10.6 Å². The molecule has 0 aromatic heterocycles. The molecule has 0 bridgehead atoms. The standard InChI is InChI=1S/C33H34N2O3/c1-23(31(36)34-21-27-18-11-17-25-14-9-10-19-28(25)27)29-20-33(29,2)30(26-15-7-4-8-16-26)35-32(37)38-22-24-12-5-3-6-13-24/h3-19,23,29-30H,20-22H2,1-2H3,(H,34,36)(H,35,37)/t23-,29-,30-,33+/m1/s1. The van der Waals surface area contributed by atoms with Crippen molar-refractivity contribution in [2.24, 2.45) is 17.3 Å². The van der Waals surface area contributed by atoms with Crippen molar-refractivity contribution in [3.63, 3.8) is 0 Å². The van der Waals surface area contributed by atoms with Crippen LogP contribution in [0.15, 0.2) is 103 Å². The van der Waals surface area contributed by atoms with E-state index in [1.165, 1.54) is 0 Å². The van der Waals surface area contributed by atoms with Gasteiger partial charge in [-0.2, -0.15) is 0 Å². The van der Waals surface area contributed by atoms with Crippen LogP contribution in [0, 0.1) is 17.3 Å². The minimum Gasteiger partial charge on any atom is -0.445 e. The largest absolute Gasteiger partial charge is 0.445 e. The fourth-order valence-corrected chi connectivity index (χ4v) is 5.62. The molecule has 0 spiro atoms. The Bertz CT molecular complexity index is 1400. The van der Waals surface area contributed by atoms with Gasteiger partial charge in [0.15, 0.2) is 0 Å². The third-order valence-corrected chi connectivity index (χ3v) is 7.96. The summed E-state index contributed by atoms with van der Waals surface area (Å²) < 4.78 is 5.54. The first-order chi connectivity index (χ1) is 18.5. The zero-order chi connectivity index (χ0) is 26.5. The zero-order valence-corrected chi connectivity index (χ0v) is 21.9. The van der Waals surface area contributed by atoms with Crippen LogP contribution < -0.4 is 10.6 Å². The quantitative estimate of drug-likeness (QED) is 0.263. The summed E-state index contributed by atoms with van der Waals surface area (Å²) >= 11 is 0. The number of fused-ring (bicyclic) bond motifs is 1. The Morgan fingerprint density at radius 3 is 2.32 bits per heavy atom. The highest BCUT2D eigenvalue weighted by molar-refractivity contribution is 5.86. The molecular weight excluding hydrogens is 472 g/mol. The number of hydrogen-bond acceptors (Lipinski definition) is 3. The molecule has 2 N–H and O–H groups in total. The first-order valence-electron chi connectivity index (χ1n) is 13.2. The summed E-state index contributed by atoms with van der Waals surface area (Å²) in [7, 11) is 0. The van der Waals surface area contributed by atoms with E-state index < -0.39 is 6.09 Å². The molecular formula is C33H34N2O3. The minimum atomic E-state index is -0.456. The molecule has 1 saturated carbocycles. The van der Waals surface area contributed by atoms with Gasteiger partial charge in [0.25, 0.3) is 0 Å². The Labute approximate surface area is 224 Å². The topological polar surface area (TPSA) is 67.4 Å². The molecule has 5 heteroatoms. The summed E-state index contributed by atoms with van der Waals surface area (Å²) in [4.78, 5) is 26.1. The van der Waals surface area contributed by atoms with Crippen molar-refractivity contribution in [3.05, 3.63) is 120 Å². The van der Waals surface area contributed by atoms with Crippen LogP contribution in [0.25, 0.3) is 10.8 Å². The van der Waals surface area contributed by atoms with Crippen molar-refractivity contribution < 1.29 is 14.3 Å². The first-order valence-corrected chi connectivity index (χ1v) is 13.2. The van der Waals surface area contributed by atoms with Gasteiger partial charge in [-0.1, -0.05) is 117 Å². The van der Waals surface area contributed by atoms with Gasteiger partial charge in [-0.15, -0.1) is 0 Å². The summed E-state index contributed by atoms with van der Waals surface area (Å²) in [6, 6.07) is 33.7. The number of hydrogen-bond donors (Lipinski definition) is 2. The molecule has 4 atom stereocenters. The van der Waals surface area contributed by atoms with Gasteiger partial charge in [-0.3, -0.25) is 4.79 Å². The van der Waals surface area contributed by atoms with Crippen LogP contribution in [0.5, 0.6) is 0 Å². The summed E-state index contributed by atoms with van der Waals surface area (Å²) in [6.45, 7) is 4.84. The molecule has 1 aliphatic carbocycles. The lowest BCUT2D eigenvalue weighted by Gasteiger charge is -2.28. The van der Waals surface area contributed by atoms with E-state index in [0.717, 1.165) is 33.9 Å². The van der Waals surface area contributed by atoms with E-state index in [1.807, 2.05) is 85.8 Å². The average Bonchev–Trinajstić information content (AvgIpc) is 3.66. The van der Waals surface area contributed by atoms with Crippen LogP contribution in [-0.4, -0.2) is 12.0 Å². The Balaban J connectivity index is 1.25. The first kappa shape index (κ1) is 25.5. The zero-order valence-electron chi connectivity index (χ0n) is 21.9. The molecule has 0 aliphatic heterocycles. The smallest absolute Gasteiger partial charge is 0.407 e. The molecule has 4 aromatic carbocycles. The van der Waals surface area contributed by atoms with Crippen molar-refractivity contribution >= 4 is 22.8 Å². The van der Waals surface area contributed by atoms with Crippen LogP contribution in [-0.2, 0) is 22.7 Å². The number of alkyl carbamates (subject to hydrolysis) is 1. The number of rotatable bonds is 9.